The number of amides is 2. The van der Waals surface area contributed by atoms with Gasteiger partial charge < -0.3 is 9.80 Å². The Hall–Kier alpha value is -3.68. The first-order valence-electron chi connectivity index (χ1n) is 10.2. The average Bonchev–Trinajstić information content (AvgIpc) is 2.84. The highest BCUT2D eigenvalue weighted by Gasteiger charge is 2.46. The van der Waals surface area contributed by atoms with Crippen molar-refractivity contribution in [3.63, 3.8) is 0 Å². The van der Waals surface area contributed by atoms with Crippen LogP contribution in [-0.2, 0) is 10.2 Å². The fourth-order valence-electron chi connectivity index (χ4n) is 4.13. The van der Waals surface area contributed by atoms with Gasteiger partial charge in [0.1, 0.15) is 11.7 Å². The van der Waals surface area contributed by atoms with Gasteiger partial charge in [0.25, 0.3) is 5.91 Å². The third kappa shape index (κ3) is 4.01. The molecule has 3 aromatic heterocycles. The third-order valence-electron chi connectivity index (χ3n) is 5.61. The first kappa shape index (κ1) is 20.6. The predicted octanol–water partition coefficient (Wildman–Crippen LogP) is 2.20. The van der Waals surface area contributed by atoms with Gasteiger partial charge in [0.2, 0.25) is 5.91 Å². The van der Waals surface area contributed by atoms with Crippen molar-refractivity contribution in [2.24, 2.45) is 0 Å². The first-order chi connectivity index (χ1) is 15.0. The normalized spacial score (nSPS) is 18.5. The minimum atomic E-state index is -0.859. The zero-order valence-electron chi connectivity index (χ0n) is 17.6. The Labute approximate surface area is 181 Å². The molecule has 4 rings (SSSR count). The predicted molar refractivity (Wildman–Crippen MR) is 115 cm³/mol. The quantitative estimate of drug-likeness (QED) is 0.647. The van der Waals surface area contributed by atoms with Crippen LogP contribution in [0.3, 0.4) is 0 Å². The fraction of sp³-hybridized carbons (Fsp3) is 0.304. The summed E-state index contributed by atoms with van der Waals surface area (Å²) in [5.41, 5.74) is 1.72. The second-order valence-corrected chi connectivity index (χ2v) is 7.88. The second-order valence-electron chi connectivity index (χ2n) is 7.88. The van der Waals surface area contributed by atoms with E-state index in [0.717, 1.165) is 5.56 Å². The number of likely N-dealkylation sites (N-methyl/N-ethyl adjacent to an activating group) is 1. The lowest BCUT2D eigenvalue weighted by atomic mass is 9.75. The van der Waals surface area contributed by atoms with E-state index in [9.17, 15) is 9.59 Å². The molecular formula is C23H24N6O2. The Morgan fingerprint density at radius 2 is 1.87 bits per heavy atom. The number of aromatic nitrogens is 4. The lowest BCUT2D eigenvalue weighted by molar-refractivity contribution is -0.136. The van der Waals surface area contributed by atoms with E-state index in [1.165, 1.54) is 6.33 Å². The van der Waals surface area contributed by atoms with Crippen LogP contribution in [0.1, 0.15) is 28.9 Å². The molecule has 4 heterocycles. The van der Waals surface area contributed by atoms with Gasteiger partial charge in [-0.3, -0.25) is 19.6 Å². The third-order valence-corrected chi connectivity index (χ3v) is 5.61. The molecule has 158 valence electrons. The van der Waals surface area contributed by atoms with Crippen molar-refractivity contribution < 1.29 is 9.59 Å². The molecule has 0 aromatic carbocycles. The molecule has 1 saturated heterocycles. The molecule has 1 aliphatic rings. The number of piperidine rings is 1. The van der Waals surface area contributed by atoms with Crippen molar-refractivity contribution in [1.82, 2.24) is 29.7 Å². The summed E-state index contributed by atoms with van der Waals surface area (Å²) in [5.74, 6) is -0.174. The summed E-state index contributed by atoms with van der Waals surface area (Å²) in [6.45, 7) is 0.867. The molecular weight excluding hydrogens is 392 g/mol. The fourth-order valence-corrected chi connectivity index (χ4v) is 4.13. The largest absolute Gasteiger partial charge is 0.348 e. The molecule has 0 N–H and O–H groups in total. The molecule has 0 aliphatic carbocycles. The zero-order valence-corrected chi connectivity index (χ0v) is 17.6. The number of nitrogens with zero attached hydrogens (tertiary/aromatic N) is 6. The molecule has 8 heteroatoms. The van der Waals surface area contributed by atoms with Crippen molar-refractivity contribution in [3.05, 3.63) is 72.7 Å². The summed E-state index contributed by atoms with van der Waals surface area (Å²) in [4.78, 5) is 46.9. The van der Waals surface area contributed by atoms with Crippen molar-refractivity contribution in [3.8, 4) is 11.3 Å². The monoisotopic (exact) mass is 416 g/mol. The zero-order chi connectivity index (χ0) is 21.8. The van der Waals surface area contributed by atoms with Crippen LogP contribution in [-0.4, -0.2) is 68.7 Å². The van der Waals surface area contributed by atoms with Gasteiger partial charge in [-0.1, -0.05) is 6.07 Å². The van der Waals surface area contributed by atoms with Gasteiger partial charge in [-0.2, -0.15) is 0 Å². The molecule has 2 amide bonds. The maximum Gasteiger partial charge on any atom is 0.254 e. The van der Waals surface area contributed by atoms with Gasteiger partial charge in [0.05, 0.1) is 11.4 Å². The minimum absolute atomic E-state index is 0.0412. The molecule has 1 aliphatic heterocycles. The minimum Gasteiger partial charge on any atom is -0.348 e. The van der Waals surface area contributed by atoms with E-state index >= 15 is 0 Å². The van der Waals surface area contributed by atoms with E-state index in [0.29, 0.717) is 36.3 Å². The van der Waals surface area contributed by atoms with Crippen LogP contribution >= 0.6 is 0 Å². The van der Waals surface area contributed by atoms with Gasteiger partial charge in [-0.05, 0) is 37.1 Å². The molecule has 1 unspecified atom stereocenters. The molecule has 8 nitrogen and oxygen atoms in total. The molecule has 3 aromatic rings. The summed E-state index contributed by atoms with van der Waals surface area (Å²) in [6, 6.07) is 9.02. The van der Waals surface area contributed by atoms with Gasteiger partial charge in [-0.15, -0.1) is 0 Å². The second kappa shape index (κ2) is 8.59. The lowest BCUT2D eigenvalue weighted by Crippen LogP contribution is -2.56. The number of carbonyl (C=O) groups excluding carboxylic acids is 2. The summed E-state index contributed by atoms with van der Waals surface area (Å²) in [5, 5.41) is 0. The number of rotatable bonds is 4. The maximum absolute atomic E-state index is 13.4. The van der Waals surface area contributed by atoms with Crippen LogP contribution in [0.5, 0.6) is 0 Å². The van der Waals surface area contributed by atoms with E-state index in [1.807, 2.05) is 18.2 Å². The molecule has 1 atom stereocenters. The lowest BCUT2D eigenvalue weighted by Gasteiger charge is -2.42. The Bertz CT molecular complexity index is 1070. The summed E-state index contributed by atoms with van der Waals surface area (Å²) >= 11 is 0. The number of carbonyl (C=O) groups is 2. The van der Waals surface area contributed by atoms with Crippen LogP contribution in [0.15, 0.2) is 61.4 Å². The summed E-state index contributed by atoms with van der Waals surface area (Å²) < 4.78 is 0. The van der Waals surface area contributed by atoms with Crippen molar-refractivity contribution in [1.29, 1.82) is 0 Å². The Morgan fingerprint density at radius 1 is 1.06 bits per heavy atom. The average molecular weight is 416 g/mol. The molecule has 0 saturated carbocycles. The van der Waals surface area contributed by atoms with Gasteiger partial charge in [-0.25, -0.2) is 9.97 Å². The number of hydrogen-bond acceptors (Lipinski definition) is 6. The Morgan fingerprint density at radius 3 is 2.58 bits per heavy atom. The van der Waals surface area contributed by atoms with E-state index < -0.39 is 5.41 Å². The van der Waals surface area contributed by atoms with Crippen LogP contribution in [0, 0.1) is 0 Å². The Kier molecular flexibility index (Phi) is 5.70. The highest BCUT2D eigenvalue weighted by Crippen LogP contribution is 2.35. The van der Waals surface area contributed by atoms with Crippen LogP contribution < -0.4 is 0 Å². The smallest absolute Gasteiger partial charge is 0.254 e. The molecule has 31 heavy (non-hydrogen) atoms. The van der Waals surface area contributed by atoms with E-state index in [2.05, 4.69) is 19.9 Å². The highest BCUT2D eigenvalue weighted by atomic mass is 16.2. The molecule has 0 radical (unpaired) electrons. The van der Waals surface area contributed by atoms with E-state index in [1.54, 1.807) is 60.8 Å². The number of likely N-dealkylation sites (tertiary alicyclic amines) is 1. The number of pyridine rings is 2. The van der Waals surface area contributed by atoms with E-state index in [-0.39, 0.29) is 18.4 Å². The Balaban J connectivity index is 1.66. The topological polar surface area (TPSA) is 92.2 Å². The van der Waals surface area contributed by atoms with Crippen LogP contribution in [0.4, 0.5) is 0 Å². The van der Waals surface area contributed by atoms with Crippen molar-refractivity contribution in [2.45, 2.75) is 18.3 Å². The highest BCUT2D eigenvalue weighted by molar-refractivity contribution is 5.96. The van der Waals surface area contributed by atoms with Crippen LogP contribution in [0.2, 0.25) is 0 Å². The molecule has 0 bridgehead atoms. The summed E-state index contributed by atoms with van der Waals surface area (Å²) in [6.07, 6.45) is 9.43. The van der Waals surface area contributed by atoms with E-state index in [4.69, 9.17) is 0 Å². The van der Waals surface area contributed by atoms with Crippen LogP contribution in [0.25, 0.3) is 11.3 Å². The standard InChI is InChI=1S/C23H24N6O2/c1-28(2)22(31)23(20-6-3-4-9-27-20)8-5-11-29(15-23)21(30)17-7-10-26-19(12-17)18-13-24-16-25-14-18/h3-4,6-7,9-10,12-14,16H,5,8,11,15H2,1-2H3. The van der Waals surface area contributed by atoms with Gasteiger partial charge >= 0.3 is 0 Å². The number of hydrogen-bond donors (Lipinski definition) is 0. The first-order valence-corrected chi connectivity index (χ1v) is 10.2. The SMILES string of the molecule is CN(C)C(=O)C1(c2ccccn2)CCCN(C(=O)c2ccnc(-c3cncnc3)c2)C1. The van der Waals surface area contributed by atoms with Crippen molar-refractivity contribution in [2.75, 3.05) is 27.2 Å². The van der Waals surface area contributed by atoms with Gasteiger partial charge in [0, 0.05) is 63.1 Å². The molecule has 1 fully saturated rings. The summed E-state index contributed by atoms with van der Waals surface area (Å²) in [7, 11) is 3.48. The molecule has 0 spiro atoms. The maximum atomic E-state index is 13.4. The van der Waals surface area contributed by atoms with Crippen molar-refractivity contribution >= 4 is 11.8 Å². The van der Waals surface area contributed by atoms with Gasteiger partial charge in [0.15, 0.2) is 0 Å².